The number of hydrogen-bond donors (Lipinski definition) is 1. The Morgan fingerprint density at radius 2 is 2.00 bits per heavy atom. The topological polar surface area (TPSA) is 50.2 Å². The molecular weight excluding hydrogens is 255 g/mol. The normalized spacial score (nSPS) is 11.4. The molecular formula is C12H10ClFN4. The number of hydrazone groups is 1. The van der Waals surface area contributed by atoms with Crippen LogP contribution in [0, 0.1) is 5.82 Å². The number of anilines is 1. The minimum absolute atomic E-state index is 0.301. The van der Waals surface area contributed by atoms with Crippen LogP contribution in [0.3, 0.4) is 0 Å². The summed E-state index contributed by atoms with van der Waals surface area (Å²) < 4.78 is 13.5. The van der Waals surface area contributed by atoms with Crippen molar-refractivity contribution in [1.29, 1.82) is 0 Å². The first-order chi connectivity index (χ1) is 8.66. The maximum absolute atomic E-state index is 13.5. The molecule has 18 heavy (non-hydrogen) atoms. The summed E-state index contributed by atoms with van der Waals surface area (Å²) >= 11 is 5.60. The van der Waals surface area contributed by atoms with Crippen LogP contribution in [0.1, 0.15) is 12.5 Å². The van der Waals surface area contributed by atoms with Gasteiger partial charge in [-0.05, 0) is 25.1 Å². The second kappa shape index (κ2) is 5.55. The third-order valence-corrected chi connectivity index (χ3v) is 2.44. The maximum Gasteiger partial charge on any atom is 0.168 e. The van der Waals surface area contributed by atoms with Gasteiger partial charge in [0.2, 0.25) is 0 Å². The Hall–Kier alpha value is -2.01. The smallest absolute Gasteiger partial charge is 0.168 e. The van der Waals surface area contributed by atoms with E-state index in [1.165, 1.54) is 6.07 Å². The Labute approximate surface area is 109 Å². The molecule has 0 aliphatic carbocycles. The summed E-state index contributed by atoms with van der Waals surface area (Å²) in [5, 5.41) is 11.8. The molecule has 0 aliphatic rings. The van der Waals surface area contributed by atoms with Crippen molar-refractivity contribution in [2.75, 3.05) is 5.43 Å². The van der Waals surface area contributed by atoms with E-state index < -0.39 is 0 Å². The van der Waals surface area contributed by atoms with Gasteiger partial charge in [0.25, 0.3) is 0 Å². The van der Waals surface area contributed by atoms with Gasteiger partial charge < -0.3 is 0 Å². The maximum atomic E-state index is 13.5. The second-order valence-electron chi connectivity index (χ2n) is 3.53. The fraction of sp³-hybridized carbons (Fsp3) is 0.0833. The summed E-state index contributed by atoms with van der Waals surface area (Å²) in [7, 11) is 0. The molecule has 6 heteroatoms. The summed E-state index contributed by atoms with van der Waals surface area (Å²) in [5.74, 6) is 0.123. The van der Waals surface area contributed by atoms with Gasteiger partial charge in [-0.15, -0.1) is 10.2 Å². The third-order valence-electron chi connectivity index (χ3n) is 2.23. The van der Waals surface area contributed by atoms with Gasteiger partial charge in [0.15, 0.2) is 11.0 Å². The van der Waals surface area contributed by atoms with E-state index in [1.807, 2.05) is 0 Å². The third kappa shape index (κ3) is 3.01. The van der Waals surface area contributed by atoms with Crippen LogP contribution in [-0.4, -0.2) is 15.9 Å². The van der Waals surface area contributed by atoms with Crippen molar-refractivity contribution in [1.82, 2.24) is 10.2 Å². The van der Waals surface area contributed by atoms with Crippen LogP contribution in [0.25, 0.3) is 0 Å². The largest absolute Gasteiger partial charge is 0.260 e. The summed E-state index contributed by atoms with van der Waals surface area (Å²) in [5.41, 5.74) is 3.64. The number of rotatable bonds is 3. The molecule has 0 aliphatic heterocycles. The zero-order chi connectivity index (χ0) is 13.0. The number of nitrogens with one attached hydrogen (secondary N) is 1. The Balaban J connectivity index is 2.14. The molecule has 1 N–H and O–H groups in total. The highest BCUT2D eigenvalue weighted by atomic mass is 35.5. The second-order valence-corrected chi connectivity index (χ2v) is 3.92. The number of hydrogen-bond acceptors (Lipinski definition) is 4. The molecule has 0 radical (unpaired) electrons. The van der Waals surface area contributed by atoms with Crippen molar-refractivity contribution in [3.63, 3.8) is 0 Å². The van der Waals surface area contributed by atoms with Gasteiger partial charge >= 0.3 is 0 Å². The first kappa shape index (κ1) is 12.4. The summed E-state index contributed by atoms with van der Waals surface area (Å²) in [6, 6.07) is 9.64. The van der Waals surface area contributed by atoms with Crippen LogP contribution in [0.2, 0.25) is 5.15 Å². The van der Waals surface area contributed by atoms with Gasteiger partial charge in [0, 0.05) is 5.56 Å². The van der Waals surface area contributed by atoms with Gasteiger partial charge in [0.1, 0.15) is 5.82 Å². The molecule has 0 amide bonds. The van der Waals surface area contributed by atoms with E-state index in [-0.39, 0.29) is 5.82 Å². The molecule has 0 fully saturated rings. The predicted octanol–water partition coefficient (Wildman–Crippen LogP) is 3.11. The Morgan fingerprint density at radius 1 is 1.22 bits per heavy atom. The average Bonchev–Trinajstić information content (AvgIpc) is 2.38. The molecule has 1 aromatic carbocycles. The number of halogens is 2. The van der Waals surface area contributed by atoms with Crippen LogP contribution in [0.15, 0.2) is 41.5 Å². The first-order valence-electron chi connectivity index (χ1n) is 5.21. The standard InChI is InChI=1S/C12H10ClFN4/c1-8(9-4-2-3-5-10(9)14)15-17-12-7-6-11(13)16-18-12/h2-7H,1H3,(H,17,18)/b15-8+. The zero-order valence-corrected chi connectivity index (χ0v) is 10.3. The SMILES string of the molecule is C/C(=N\Nc1ccc(Cl)nn1)c1ccccc1F. The van der Waals surface area contributed by atoms with E-state index in [9.17, 15) is 4.39 Å². The lowest BCUT2D eigenvalue weighted by molar-refractivity contribution is 0.625. The lowest BCUT2D eigenvalue weighted by Gasteiger charge is -2.03. The monoisotopic (exact) mass is 264 g/mol. The highest BCUT2D eigenvalue weighted by molar-refractivity contribution is 6.29. The van der Waals surface area contributed by atoms with E-state index in [4.69, 9.17) is 11.6 Å². The predicted molar refractivity (Wildman–Crippen MR) is 69.3 cm³/mol. The molecule has 0 bridgehead atoms. The van der Waals surface area contributed by atoms with Gasteiger partial charge in [-0.2, -0.15) is 5.10 Å². The summed E-state index contributed by atoms with van der Waals surface area (Å²) in [6.45, 7) is 1.70. The van der Waals surface area contributed by atoms with Crippen molar-refractivity contribution >= 4 is 23.1 Å². The molecule has 2 aromatic rings. The molecule has 0 unspecified atom stereocenters. The van der Waals surface area contributed by atoms with Gasteiger partial charge in [-0.3, -0.25) is 5.43 Å². The average molecular weight is 265 g/mol. The number of nitrogens with zero attached hydrogens (tertiary/aromatic N) is 3. The molecule has 0 spiro atoms. The molecule has 92 valence electrons. The molecule has 1 aromatic heterocycles. The van der Waals surface area contributed by atoms with Crippen molar-refractivity contribution in [3.05, 3.63) is 52.9 Å². The van der Waals surface area contributed by atoms with Crippen molar-refractivity contribution < 1.29 is 4.39 Å². The number of aromatic nitrogens is 2. The van der Waals surface area contributed by atoms with Crippen molar-refractivity contribution in [2.45, 2.75) is 6.92 Å². The fourth-order valence-corrected chi connectivity index (χ4v) is 1.43. The van der Waals surface area contributed by atoms with E-state index in [0.717, 1.165) is 0 Å². The summed E-state index contributed by atoms with van der Waals surface area (Å²) in [4.78, 5) is 0. The lowest BCUT2D eigenvalue weighted by atomic mass is 10.1. The van der Waals surface area contributed by atoms with E-state index >= 15 is 0 Å². The molecule has 4 nitrogen and oxygen atoms in total. The lowest BCUT2D eigenvalue weighted by Crippen LogP contribution is -2.03. The Bertz CT molecular complexity index is 569. The van der Waals surface area contributed by atoms with Crippen LogP contribution in [0.5, 0.6) is 0 Å². The van der Waals surface area contributed by atoms with E-state index in [1.54, 1.807) is 37.3 Å². The molecule has 0 atom stereocenters. The van der Waals surface area contributed by atoms with E-state index in [0.29, 0.717) is 22.2 Å². The Kier molecular flexibility index (Phi) is 3.84. The fourth-order valence-electron chi connectivity index (χ4n) is 1.33. The molecule has 0 saturated carbocycles. The molecule has 1 heterocycles. The summed E-state index contributed by atoms with van der Waals surface area (Å²) in [6.07, 6.45) is 0. The molecule has 0 saturated heterocycles. The van der Waals surface area contributed by atoms with Gasteiger partial charge in [0.05, 0.1) is 5.71 Å². The van der Waals surface area contributed by atoms with Crippen molar-refractivity contribution in [3.8, 4) is 0 Å². The van der Waals surface area contributed by atoms with Crippen LogP contribution in [-0.2, 0) is 0 Å². The quantitative estimate of drug-likeness (QED) is 0.685. The van der Waals surface area contributed by atoms with Gasteiger partial charge in [-0.1, -0.05) is 29.8 Å². The minimum Gasteiger partial charge on any atom is -0.260 e. The highest BCUT2D eigenvalue weighted by Crippen LogP contribution is 2.09. The van der Waals surface area contributed by atoms with Crippen molar-refractivity contribution in [2.24, 2.45) is 5.10 Å². The Morgan fingerprint density at radius 3 is 2.67 bits per heavy atom. The van der Waals surface area contributed by atoms with Crippen LogP contribution >= 0.6 is 11.6 Å². The van der Waals surface area contributed by atoms with Crippen LogP contribution < -0.4 is 5.43 Å². The number of benzene rings is 1. The highest BCUT2D eigenvalue weighted by Gasteiger charge is 2.03. The minimum atomic E-state index is -0.317. The molecule has 2 rings (SSSR count). The first-order valence-corrected chi connectivity index (χ1v) is 5.59. The zero-order valence-electron chi connectivity index (χ0n) is 9.56. The van der Waals surface area contributed by atoms with Gasteiger partial charge in [-0.25, -0.2) is 4.39 Å². The van der Waals surface area contributed by atoms with E-state index in [2.05, 4.69) is 20.7 Å². The van der Waals surface area contributed by atoms with Crippen LogP contribution in [0.4, 0.5) is 10.2 Å².